The molecule has 100 valence electrons. The highest BCUT2D eigenvalue weighted by atomic mass is 16.2. The van der Waals surface area contributed by atoms with Crippen molar-refractivity contribution in [2.75, 3.05) is 11.1 Å². The molecule has 0 aliphatic carbocycles. The number of carbonyl (C=O) groups excluding carboxylic acids is 1. The van der Waals surface area contributed by atoms with E-state index in [1.54, 1.807) is 0 Å². The van der Waals surface area contributed by atoms with Gasteiger partial charge in [-0.3, -0.25) is 14.7 Å². The lowest BCUT2D eigenvalue weighted by Gasteiger charge is -2.03. The zero-order valence-electron chi connectivity index (χ0n) is 10.5. The summed E-state index contributed by atoms with van der Waals surface area (Å²) in [6.45, 7) is 3.88. The van der Waals surface area contributed by atoms with E-state index in [9.17, 15) is 9.59 Å². The number of aromatic nitrogens is 4. The summed E-state index contributed by atoms with van der Waals surface area (Å²) < 4.78 is 0. The molecule has 0 aliphatic heterocycles. The molecule has 0 atom stereocenters. The standard InChI is InChI=1S/C11H14N6O2/c1-5(2)9-8(12)10(17-16-9)11(19)13-6-3-4-7(18)15-14-6/h3-5H,12H2,1-2H3,(H,15,18)(H,16,17)(H,13,14,19). The van der Waals surface area contributed by atoms with E-state index in [0.717, 1.165) is 0 Å². The number of anilines is 2. The number of nitrogens with two attached hydrogens (primary N) is 1. The van der Waals surface area contributed by atoms with Gasteiger partial charge in [0, 0.05) is 6.07 Å². The number of nitrogen functional groups attached to an aromatic ring is 1. The van der Waals surface area contributed by atoms with Crippen LogP contribution in [0.1, 0.15) is 35.9 Å². The van der Waals surface area contributed by atoms with Gasteiger partial charge in [0.2, 0.25) is 0 Å². The van der Waals surface area contributed by atoms with Gasteiger partial charge >= 0.3 is 0 Å². The molecular formula is C11H14N6O2. The van der Waals surface area contributed by atoms with Crippen molar-refractivity contribution in [1.29, 1.82) is 0 Å². The summed E-state index contributed by atoms with van der Waals surface area (Å²) in [7, 11) is 0. The molecule has 2 rings (SSSR count). The third kappa shape index (κ3) is 2.62. The van der Waals surface area contributed by atoms with Crippen LogP contribution in [0.3, 0.4) is 0 Å². The quantitative estimate of drug-likeness (QED) is 0.638. The topological polar surface area (TPSA) is 130 Å². The molecule has 19 heavy (non-hydrogen) atoms. The van der Waals surface area contributed by atoms with E-state index in [-0.39, 0.29) is 23.0 Å². The van der Waals surface area contributed by atoms with Crippen LogP contribution in [-0.2, 0) is 0 Å². The number of aromatic amines is 2. The predicted octanol–water partition coefficient (Wildman–Crippen LogP) is 0.451. The second kappa shape index (κ2) is 4.92. The van der Waals surface area contributed by atoms with Crippen LogP contribution in [0.4, 0.5) is 11.5 Å². The van der Waals surface area contributed by atoms with Gasteiger partial charge in [-0.05, 0) is 12.0 Å². The van der Waals surface area contributed by atoms with Crippen molar-refractivity contribution in [1.82, 2.24) is 20.4 Å². The first-order valence-corrected chi connectivity index (χ1v) is 5.70. The lowest BCUT2D eigenvalue weighted by Crippen LogP contribution is -2.17. The highest BCUT2D eigenvalue weighted by Crippen LogP contribution is 2.22. The first-order chi connectivity index (χ1) is 8.99. The average molecular weight is 262 g/mol. The summed E-state index contributed by atoms with van der Waals surface area (Å²) in [5.41, 5.74) is 6.63. The molecule has 0 spiro atoms. The number of hydrogen-bond acceptors (Lipinski definition) is 5. The lowest BCUT2D eigenvalue weighted by atomic mass is 10.1. The summed E-state index contributed by atoms with van der Waals surface area (Å²) in [6.07, 6.45) is 0. The van der Waals surface area contributed by atoms with Crippen molar-refractivity contribution in [2.45, 2.75) is 19.8 Å². The van der Waals surface area contributed by atoms with E-state index in [2.05, 4.69) is 25.7 Å². The fourth-order valence-electron chi connectivity index (χ4n) is 1.57. The molecule has 1 amide bonds. The smallest absolute Gasteiger partial charge is 0.279 e. The monoisotopic (exact) mass is 262 g/mol. The molecule has 5 N–H and O–H groups in total. The Morgan fingerprint density at radius 2 is 2.05 bits per heavy atom. The van der Waals surface area contributed by atoms with Crippen LogP contribution in [0.5, 0.6) is 0 Å². The van der Waals surface area contributed by atoms with E-state index in [1.165, 1.54) is 12.1 Å². The highest BCUT2D eigenvalue weighted by Gasteiger charge is 2.19. The summed E-state index contributed by atoms with van der Waals surface area (Å²) >= 11 is 0. The minimum absolute atomic E-state index is 0.108. The summed E-state index contributed by atoms with van der Waals surface area (Å²) in [5.74, 6) is -0.126. The van der Waals surface area contributed by atoms with Crippen LogP contribution in [0.15, 0.2) is 16.9 Å². The normalized spacial score (nSPS) is 10.7. The minimum Gasteiger partial charge on any atom is -0.395 e. The van der Waals surface area contributed by atoms with Gasteiger partial charge in [0.15, 0.2) is 11.5 Å². The minimum atomic E-state index is -0.486. The molecule has 8 heteroatoms. The van der Waals surface area contributed by atoms with Crippen LogP contribution in [0, 0.1) is 0 Å². The molecule has 0 radical (unpaired) electrons. The Balaban J connectivity index is 2.21. The zero-order chi connectivity index (χ0) is 14.0. The fourth-order valence-corrected chi connectivity index (χ4v) is 1.57. The average Bonchev–Trinajstić information content (AvgIpc) is 2.74. The second-order valence-corrected chi connectivity index (χ2v) is 4.31. The maximum absolute atomic E-state index is 12.0. The lowest BCUT2D eigenvalue weighted by molar-refractivity contribution is 0.102. The third-order valence-corrected chi connectivity index (χ3v) is 2.55. The molecule has 2 aromatic rings. The van der Waals surface area contributed by atoms with Crippen molar-refractivity contribution < 1.29 is 4.79 Å². The number of carbonyl (C=O) groups is 1. The van der Waals surface area contributed by atoms with Crippen molar-refractivity contribution in [3.8, 4) is 0 Å². The van der Waals surface area contributed by atoms with Crippen molar-refractivity contribution in [3.05, 3.63) is 33.9 Å². The third-order valence-electron chi connectivity index (χ3n) is 2.55. The molecule has 0 aliphatic rings. The van der Waals surface area contributed by atoms with Crippen LogP contribution in [0.25, 0.3) is 0 Å². The molecule has 2 heterocycles. The highest BCUT2D eigenvalue weighted by molar-refractivity contribution is 6.06. The summed E-state index contributed by atoms with van der Waals surface area (Å²) in [6, 6.07) is 2.65. The largest absolute Gasteiger partial charge is 0.395 e. The number of amides is 1. The van der Waals surface area contributed by atoms with E-state index in [1.807, 2.05) is 13.8 Å². The van der Waals surface area contributed by atoms with E-state index >= 15 is 0 Å². The van der Waals surface area contributed by atoms with Gasteiger partial charge in [0.25, 0.3) is 11.5 Å². The van der Waals surface area contributed by atoms with Gasteiger partial charge in [0.05, 0.1) is 11.4 Å². The van der Waals surface area contributed by atoms with Crippen LogP contribution in [-0.4, -0.2) is 26.3 Å². The van der Waals surface area contributed by atoms with Crippen molar-refractivity contribution in [2.24, 2.45) is 0 Å². The number of nitrogens with zero attached hydrogens (tertiary/aromatic N) is 2. The number of rotatable bonds is 3. The number of hydrogen-bond donors (Lipinski definition) is 4. The maximum atomic E-state index is 12.0. The Bertz CT molecular complexity index is 637. The molecule has 0 saturated carbocycles. The number of nitrogens with one attached hydrogen (secondary N) is 3. The van der Waals surface area contributed by atoms with Crippen LogP contribution < -0.4 is 16.6 Å². The van der Waals surface area contributed by atoms with Crippen LogP contribution in [0.2, 0.25) is 0 Å². The molecule has 0 bridgehead atoms. The number of H-pyrrole nitrogens is 2. The van der Waals surface area contributed by atoms with Gasteiger partial charge in [-0.15, -0.1) is 0 Å². The van der Waals surface area contributed by atoms with Gasteiger partial charge in [-0.2, -0.15) is 10.2 Å². The Morgan fingerprint density at radius 1 is 1.32 bits per heavy atom. The van der Waals surface area contributed by atoms with E-state index < -0.39 is 5.91 Å². The van der Waals surface area contributed by atoms with Gasteiger partial charge in [-0.25, -0.2) is 5.10 Å². The maximum Gasteiger partial charge on any atom is 0.279 e. The first kappa shape index (κ1) is 12.8. The zero-order valence-corrected chi connectivity index (χ0v) is 10.5. The predicted molar refractivity (Wildman–Crippen MR) is 69.9 cm³/mol. The second-order valence-electron chi connectivity index (χ2n) is 4.31. The molecule has 2 aromatic heterocycles. The van der Waals surface area contributed by atoms with E-state index in [0.29, 0.717) is 11.4 Å². The SMILES string of the molecule is CC(C)c1[nH]nc(C(=O)Nc2ccc(=O)[nH]n2)c1N. The Kier molecular flexibility index (Phi) is 3.32. The van der Waals surface area contributed by atoms with Gasteiger partial charge in [0.1, 0.15) is 0 Å². The van der Waals surface area contributed by atoms with Crippen molar-refractivity contribution in [3.63, 3.8) is 0 Å². The van der Waals surface area contributed by atoms with E-state index in [4.69, 9.17) is 5.73 Å². The molecule has 0 saturated heterocycles. The molecule has 0 unspecified atom stereocenters. The molecule has 0 aromatic carbocycles. The van der Waals surface area contributed by atoms with Crippen LogP contribution >= 0.6 is 0 Å². The first-order valence-electron chi connectivity index (χ1n) is 5.70. The van der Waals surface area contributed by atoms with Crippen molar-refractivity contribution >= 4 is 17.4 Å². The van der Waals surface area contributed by atoms with Gasteiger partial charge in [-0.1, -0.05) is 13.8 Å². The molecule has 0 fully saturated rings. The Hall–Kier alpha value is -2.64. The molecular weight excluding hydrogens is 248 g/mol. The summed E-state index contributed by atoms with van der Waals surface area (Å²) in [4.78, 5) is 22.8. The Morgan fingerprint density at radius 3 is 2.58 bits per heavy atom. The Labute approximate surface area is 108 Å². The fraction of sp³-hybridized carbons (Fsp3) is 0.273. The molecule has 8 nitrogen and oxygen atoms in total. The summed E-state index contributed by atoms with van der Waals surface area (Å²) in [5, 5.41) is 15.0. The van der Waals surface area contributed by atoms with Gasteiger partial charge < -0.3 is 11.1 Å².